The van der Waals surface area contributed by atoms with Gasteiger partial charge in [0.25, 0.3) is 0 Å². The number of carbonyl (C=O) groups is 1. The number of fused-ring (bicyclic) bond motifs is 3. The van der Waals surface area contributed by atoms with E-state index in [-0.39, 0.29) is 17.2 Å². The lowest BCUT2D eigenvalue weighted by molar-refractivity contribution is -0.115. The molecule has 1 aliphatic heterocycles. The van der Waals surface area contributed by atoms with Crippen molar-refractivity contribution in [3.63, 3.8) is 0 Å². The number of amides is 1. The van der Waals surface area contributed by atoms with Gasteiger partial charge < -0.3 is 10.6 Å². The van der Waals surface area contributed by atoms with Crippen molar-refractivity contribution in [3.05, 3.63) is 59.2 Å². The molecule has 0 spiro atoms. The van der Waals surface area contributed by atoms with Gasteiger partial charge in [-0.3, -0.25) is 4.79 Å². The first kappa shape index (κ1) is 23.7. The number of nitrogens with zero attached hydrogens (tertiary/aromatic N) is 3. The fourth-order valence-electron chi connectivity index (χ4n) is 4.16. The molecule has 1 aromatic heterocycles. The summed E-state index contributed by atoms with van der Waals surface area (Å²) in [6.45, 7) is 3.09. The minimum absolute atomic E-state index is 0.156. The van der Waals surface area contributed by atoms with Gasteiger partial charge in [-0.05, 0) is 67.6 Å². The van der Waals surface area contributed by atoms with Crippen LogP contribution in [-0.4, -0.2) is 41.7 Å². The topological polar surface area (TPSA) is 104 Å². The summed E-state index contributed by atoms with van der Waals surface area (Å²) in [5.74, 6) is 0.664. The summed E-state index contributed by atoms with van der Waals surface area (Å²) >= 11 is 6.11. The van der Waals surface area contributed by atoms with E-state index in [9.17, 15) is 13.2 Å². The van der Waals surface area contributed by atoms with E-state index in [0.29, 0.717) is 52.6 Å². The van der Waals surface area contributed by atoms with E-state index < -0.39 is 10.0 Å². The summed E-state index contributed by atoms with van der Waals surface area (Å²) in [4.78, 5) is 21.6. The van der Waals surface area contributed by atoms with Crippen molar-refractivity contribution < 1.29 is 13.2 Å². The van der Waals surface area contributed by atoms with Crippen LogP contribution >= 0.6 is 11.6 Å². The normalized spacial score (nSPS) is 15.2. The van der Waals surface area contributed by atoms with Gasteiger partial charge in [0, 0.05) is 41.1 Å². The van der Waals surface area contributed by atoms with Gasteiger partial charge in [0.15, 0.2) is 0 Å². The Bertz CT molecular complexity index is 1370. The zero-order valence-electron chi connectivity index (χ0n) is 19.3. The Kier molecular flexibility index (Phi) is 6.48. The van der Waals surface area contributed by atoms with Gasteiger partial charge in [-0.2, -0.15) is 4.31 Å². The van der Waals surface area contributed by atoms with Gasteiger partial charge in [-0.1, -0.05) is 18.5 Å². The van der Waals surface area contributed by atoms with Crippen LogP contribution in [0.25, 0.3) is 11.3 Å². The quantitative estimate of drug-likeness (QED) is 0.448. The number of nitrogens with one attached hydrogen (secondary N) is 2. The molecule has 1 aliphatic carbocycles. The Balaban J connectivity index is 1.39. The highest BCUT2D eigenvalue weighted by Crippen LogP contribution is 2.35. The second kappa shape index (κ2) is 9.56. The van der Waals surface area contributed by atoms with Crippen molar-refractivity contribution in [2.75, 3.05) is 23.7 Å². The molecule has 8 nitrogen and oxygen atoms in total. The summed E-state index contributed by atoms with van der Waals surface area (Å²) in [6, 6.07) is 11.9. The smallest absolute Gasteiger partial charge is 0.243 e. The monoisotopic (exact) mass is 511 g/mol. The van der Waals surface area contributed by atoms with Gasteiger partial charge >= 0.3 is 0 Å². The number of rotatable bonds is 8. The number of benzene rings is 2. The molecule has 2 aliphatic rings. The van der Waals surface area contributed by atoms with Crippen LogP contribution in [0.3, 0.4) is 0 Å². The number of aromatic nitrogens is 2. The van der Waals surface area contributed by atoms with Crippen LogP contribution in [-0.2, 0) is 21.2 Å². The minimum atomic E-state index is -3.54. The first-order valence-corrected chi connectivity index (χ1v) is 13.5. The Morgan fingerprint density at radius 2 is 1.94 bits per heavy atom. The lowest BCUT2D eigenvalue weighted by atomic mass is 10.1. The third-order valence-electron chi connectivity index (χ3n) is 6.11. The third-order valence-corrected chi connectivity index (χ3v) is 8.22. The maximum atomic E-state index is 13.2. The van der Waals surface area contributed by atoms with Crippen LogP contribution in [0.15, 0.2) is 53.6 Å². The summed E-state index contributed by atoms with van der Waals surface area (Å²) in [5.41, 5.74) is 3.37. The van der Waals surface area contributed by atoms with Crippen molar-refractivity contribution >= 4 is 44.9 Å². The zero-order chi connectivity index (χ0) is 24.6. The molecular formula is C25H26ClN5O3S. The van der Waals surface area contributed by atoms with Crippen molar-refractivity contribution in [1.29, 1.82) is 0 Å². The predicted molar refractivity (Wildman–Crippen MR) is 136 cm³/mol. The number of hydrogen-bond acceptors (Lipinski definition) is 6. The van der Waals surface area contributed by atoms with Crippen LogP contribution in [0, 0.1) is 5.92 Å². The second-order valence-corrected chi connectivity index (χ2v) is 11.3. The molecule has 0 atom stereocenters. The molecular weight excluding hydrogens is 486 g/mol. The number of sulfonamides is 1. The fourth-order valence-corrected chi connectivity index (χ4v) is 5.94. The van der Waals surface area contributed by atoms with Crippen molar-refractivity contribution in [3.8, 4) is 11.3 Å². The Morgan fingerprint density at radius 1 is 1.17 bits per heavy atom. The molecule has 1 saturated carbocycles. The van der Waals surface area contributed by atoms with E-state index in [4.69, 9.17) is 11.6 Å². The largest absolute Gasteiger partial charge is 0.325 e. The van der Waals surface area contributed by atoms with E-state index in [1.54, 1.807) is 46.9 Å². The standard InChI is InChI=1S/C25H26ClN5O3S/c1-2-11-31(15-16-3-4-16)35(33,34)20-8-6-19(7-9-20)28-25-27-14-17-12-23(32)29-22-13-18(26)5-10-21(22)24(17)30-25/h5-10,13-14,16H,2-4,11-12,15H2,1H3,(H,29,32)(H,27,28,30). The maximum absolute atomic E-state index is 13.2. The molecule has 2 N–H and O–H groups in total. The van der Waals surface area contributed by atoms with E-state index in [1.807, 2.05) is 13.0 Å². The number of hydrogen-bond donors (Lipinski definition) is 2. The Hall–Kier alpha value is -3.01. The van der Waals surface area contributed by atoms with Crippen molar-refractivity contribution in [2.24, 2.45) is 5.92 Å². The van der Waals surface area contributed by atoms with Gasteiger partial charge in [0.1, 0.15) is 0 Å². The molecule has 1 amide bonds. The number of halogens is 1. The highest BCUT2D eigenvalue weighted by atomic mass is 35.5. The van der Waals surface area contributed by atoms with Crippen molar-refractivity contribution in [2.45, 2.75) is 37.5 Å². The highest BCUT2D eigenvalue weighted by Gasteiger charge is 2.31. The fraction of sp³-hybridized carbons (Fsp3) is 0.320. The highest BCUT2D eigenvalue weighted by molar-refractivity contribution is 7.89. The van der Waals surface area contributed by atoms with E-state index in [0.717, 1.165) is 24.8 Å². The van der Waals surface area contributed by atoms with Gasteiger partial charge in [0.05, 0.1) is 22.7 Å². The Labute approximate surface area is 209 Å². The molecule has 1 fully saturated rings. The number of anilines is 3. The second-order valence-electron chi connectivity index (χ2n) is 8.94. The average Bonchev–Trinajstić information content (AvgIpc) is 3.65. The first-order valence-electron chi connectivity index (χ1n) is 11.7. The van der Waals surface area contributed by atoms with Crippen LogP contribution in [0.5, 0.6) is 0 Å². The van der Waals surface area contributed by atoms with Crippen LogP contribution < -0.4 is 10.6 Å². The average molecular weight is 512 g/mol. The molecule has 10 heteroatoms. The van der Waals surface area contributed by atoms with E-state index >= 15 is 0 Å². The van der Waals surface area contributed by atoms with Crippen LogP contribution in [0.4, 0.5) is 17.3 Å². The molecule has 0 bridgehead atoms. The van der Waals surface area contributed by atoms with E-state index in [1.165, 1.54) is 0 Å². The van der Waals surface area contributed by atoms with E-state index in [2.05, 4.69) is 20.6 Å². The van der Waals surface area contributed by atoms with Gasteiger partial charge in [-0.25, -0.2) is 18.4 Å². The maximum Gasteiger partial charge on any atom is 0.243 e. The molecule has 35 heavy (non-hydrogen) atoms. The molecule has 0 radical (unpaired) electrons. The first-order chi connectivity index (χ1) is 16.8. The SMILES string of the molecule is CCCN(CC1CC1)S(=O)(=O)c1ccc(Nc2ncc3c(n2)-c2ccc(Cl)cc2NC(=O)C3)cc1. The summed E-state index contributed by atoms with van der Waals surface area (Å²) in [6.07, 6.45) is 4.76. The molecule has 2 heterocycles. The lowest BCUT2D eigenvalue weighted by Gasteiger charge is -2.21. The molecule has 182 valence electrons. The van der Waals surface area contributed by atoms with Gasteiger partial charge in [-0.15, -0.1) is 0 Å². The Morgan fingerprint density at radius 3 is 2.66 bits per heavy atom. The summed E-state index contributed by atoms with van der Waals surface area (Å²) in [5, 5.41) is 6.52. The van der Waals surface area contributed by atoms with Crippen LogP contribution in [0.1, 0.15) is 31.7 Å². The lowest BCUT2D eigenvalue weighted by Crippen LogP contribution is -2.33. The molecule has 3 aromatic rings. The van der Waals surface area contributed by atoms with Crippen LogP contribution in [0.2, 0.25) is 5.02 Å². The molecule has 0 saturated heterocycles. The molecule has 5 rings (SSSR count). The summed E-state index contributed by atoms with van der Waals surface area (Å²) in [7, 11) is -3.54. The van der Waals surface area contributed by atoms with Gasteiger partial charge in [0.2, 0.25) is 21.9 Å². The molecule has 0 unspecified atom stereocenters. The summed E-state index contributed by atoms with van der Waals surface area (Å²) < 4.78 is 27.9. The third kappa shape index (κ3) is 5.17. The number of carbonyl (C=O) groups excluding carboxylic acids is 1. The predicted octanol–water partition coefficient (Wildman–Crippen LogP) is 4.85. The van der Waals surface area contributed by atoms with Crippen molar-refractivity contribution in [1.82, 2.24) is 14.3 Å². The molecule has 2 aromatic carbocycles. The minimum Gasteiger partial charge on any atom is -0.325 e. The zero-order valence-corrected chi connectivity index (χ0v) is 20.9.